The Hall–Kier alpha value is -5.13. The number of aromatic nitrogens is 1. The highest BCUT2D eigenvalue weighted by Gasteiger charge is 2.27. The van der Waals surface area contributed by atoms with Crippen LogP contribution in [0.15, 0.2) is 102 Å². The van der Waals surface area contributed by atoms with Crippen LogP contribution >= 0.6 is 0 Å². The molecule has 258 valence electrons. The fourth-order valence-corrected chi connectivity index (χ4v) is 7.96. The van der Waals surface area contributed by atoms with E-state index >= 15 is 0 Å². The van der Waals surface area contributed by atoms with Gasteiger partial charge in [0.1, 0.15) is 15.6 Å². The lowest BCUT2D eigenvalue weighted by Crippen LogP contribution is -2.33. The second kappa shape index (κ2) is 11.5. The van der Waals surface area contributed by atoms with Crippen LogP contribution in [0.3, 0.4) is 0 Å². The van der Waals surface area contributed by atoms with E-state index in [1.54, 1.807) is 0 Å². The summed E-state index contributed by atoms with van der Waals surface area (Å²) in [6, 6.07) is 12.0. The molecule has 4 aromatic rings. The Morgan fingerprint density at radius 1 is 0.600 bits per heavy atom. The molecule has 4 aromatic carbocycles. The molecule has 0 atom stereocenters. The van der Waals surface area contributed by atoms with Gasteiger partial charge in [-0.1, -0.05) is 36.4 Å². The predicted octanol–water partition coefficient (Wildman–Crippen LogP) is 1.43. The van der Waals surface area contributed by atoms with Crippen molar-refractivity contribution in [3.8, 4) is 0 Å². The van der Waals surface area contributed by atoms with Crippen molar-refractivity contribution in [1.29, 1.82) is 0 Å². The summed E-state index contributed by atoms with van der Waals surface area (Å²) in [5.74, 6) is -0.929. The highest BCUT2D eigenvalue weighted by molar-refractivity contribution is 7.87. The Morgan fingerprint density at radius 3 is 1.80 bits per heavy atom. The van der Waals surface area contributed by atoms with E-state index in [1.807, 2.05) is 0 Å². The monoisotopic (exact) mass is 762 g/mol. The number of rotatable bonds is 7. The minimum absolute atomic E-state index is 0.0587. The summed E-state index contributed by atoms with van der Waals surface area (Å²) >= 11 is 0. The molecule has 6 rings (SSSR count). The Bertz CT molecular complexity index is 3170. The van der Waals surface area contributed by atoms with Crippen molar-refractivity contribution in [1.82, 2.24) is 4.98 Å². The lowest BCUT2D eigenvalue weighted by molar-refractivity contribution is 0.478. The molecule has 1 heterocycles. The second-order valence-corrected chi connectivity index (χ2v) is 16.2. The van der Waals surface area contributed by atoms with Crippen molar-refractivity contribution in [3.63, 3.8) is 0 Å². The molecule has 0 radical (unpaired) electrons. The van der Waals surface area contributed by atoms with Crippen molar-refractivity contribution >= 4 is 79.3 Å². The van der Waals surface area contributed by atoms with Crippen molar-refractivity contribution in [2.75, 3.05) is 5.32 Å². The Labute approximate surface area is 279 Å². The van der Waals surface area contributed by atoms with Crippen LogP contribution in [0.25, 0.3) is 27.4 Å². The normalized spacial score (nSPS) is 13.6. The molecule has 0 unspecified atom stereocenters. The minimum Gasteiger partial charge on any atom is -0.506 e. The Kier molecular flexibility index (Phi) is 7.96. The van der Waals surface area contributed by atoms with Crippen LogP contribution in [0.5, 0.6) is 0 Å². The van der Waals surface area contributed by atoms with Crippen molar-refractivity contribution in [2.24, 2.45) is 0 Å². The SMILES string of the molecule is O=c1nc2c(S(=O)(=O)O)cc(Nc3ccc(S(=O)(=O)O)cc3S(=O)(=O)O)c3c2=c(c1=C(O)c1cccc(S(=O)(=O)O)c1)c1ccccc1c3=O. The molecule has 0 saturated carbocycles. The van der Waals surface area contributed by atoms with E-state index in [2.05, 4.69) is 10.3 Å². The number of fused-ring (bicyclic) bond motifs is 2. The summed E-state index contributed by atoms with van der Waals surface area (Å²) in [6.07, 6.45) is 0. The first-order chi connectivity index (χ1) is 23.1. The molecule has 1 aliphatic heterocycles. The zero-order valence-corrected chi connectivity index (χ0v) is 27.6. The van der Waals surface area contributed by atoms with Crippen molar-refractivity contribution in [2.45, 2.75) is 19.6 Å². The van der Waals surface area contributed by atoms with Crippen LogP contribution in [-0.4, -0.2) is 62.0 Å². The average Bonchev–Trinajstić information content (AvgIpc) is 3.01. The highest BCUT2D eigenvalue weighted by atomic mass is 32.2. The summed E-state index contributed by atoms with van der Waals surface area (Å²) in [4.78, 5) is 27.6. The summed E-state index contributed by atoms with van der Waals surface area (Å²) in [7, 11) is -20.5. The molecule has 17 nitrogen and oxygen atoms in total. The van der Waals surface area contributed by atoms with Gasteiger partial charge < -0.3 is 10.4 Å². The molecule has 6 N–H and O–H groups in total. The largest absolute Gasteiger partial charge is 0.506 e. The number of hydrogen-bond donors (Lipinski definition) is 6. The molecule has 0 saturated heterocycles. The van der Waals surface area contributed by atoms with E-state index in [-0.39, 0.29) is 21.6 Å². The molecule has 0 amide bonds. The van der Waals surface area contributed by atoms with Gasteiger partial charge in [-0.05, 0) is 41.8 Å². The third kappa shape index (κ3) is 5.90. The van der Waals surface area contributed by atoms with Gasteiger partial charge in [-0.3, -0.25) is 27.8 Å². The first-order valence-electron chi connectivity index (χ1n) is 13.4. The second-order valence-electron chi connectivity index (χ2n) is 10.6. The van der Waals surface area contributed by atoms with Gasteiger partial charge in [0.05, 0.1) is 37.3 Å². The first kappa shape index (κ1) is 34.7. The van der Waals surface area contributed by atoms with Gasteiger partial charge in [0.2, 0.25) is 0 Å². The molecule has 1 aliphatic carbocycles. The van der Waals surface area contributed by atoms with Gasteiger partial charge in [-0.2, -0.15) is 33.7 Å². The van der Waals surface area contributed by atoms with Gasteiger partial charge >= 0.3 is 0 Å². The standard InChI is InChI=1S/C29H18N2O15S4/c32-27(13-4-3-5-14(10-13)47(35,36)37)25-22-16-6-1-2-7-17(16)28(33)23-19(12-21(50(44,45)46)26(24(22)23)31-29(25)34)30-18-9-8-15(48(38,39)40)11-20(18)49(41,42)43/h1-12,30,32H,(H,35,36,37)(H,38,39,40)(H,41,42,43)(H,44,45,46). The number of aliphatic hydroxyl groups is 1. The molecule has 21 heteroatoms. The third-order valence-corrected chi connectivity index (χ3v) is 11.0. The van der Waals surface area contributed by atoms with E-state index in [0.717, 1.165) is 30.3 Å². The number of anilines is 2. The third-order valence-electron chi connectivity index (χ3n) is 7.58. The smallest absolute Gasteiger partial charge is 0.296 e. The van der Waals surface area contributed by atoms with Crippen LogP contribution in [0.2, 0.25) is 0 Å². The summed E-state index contributed by atoms with van der Waals surface area (Å²) < 4.78 is 136. The van der Waals surface area contributed by atoms with E-state index in [1.165, 1.54) is 24.3 Å². The maximum atomic E-state index is 14.1. The lowest BCUT2D eigenvalue weighted by Gasteiger charge is -2.16. The topological polar surface area (TPSA) is 297 Å². The number of nitrogens with one attached hydrogen (secondary N) is 1. The van der Waals surface area contributed by atoms with Crippen molar-refractivity contribution < 1.29 is 57.0 Å². The average molecular weight is 763 g/mol. The summed E-state index contributed by atoms with van der Waals surface area (Å²) in [6.45, 7) is 0. The van der Waals surface area contributed by atoms with E-state index in [0.29, 0.717) is 18.2 Å². The zero-order chi connectivity index (χ0) is 36.7. The number of aliphatic hydroxyl groups excluding tert-OH is 1. The Morgan fingerprint density at radius 2 is 1.20 bits per heavy atom. The fourth-order valence-electron chi connectivity index (χ4n) is 5.52. The lowest BCUT2D eigenvalue weighted by atomic mass is 9.96. The summed E-state index contributed by atoms with van der Waals surface area (Å²) in [5, 5.41) is 11.7. The number of benzene rings is 4. The maximum absolute atomic E-state index is 14.1. The van der Waals surface area contributed by atoms with Gasteiger partial charge in [0, 0.05) is 21.4 Å². The fraction of sp³-hybridized carbons (Fsp3) is 0. The molecule has 0 bridgehead atoms. The van der Waals surface area contributed by atoms with E-state index < -0.39 is 110 Å². The highest BCUT2D eigenvalue weighted by Crippen LogP contribution is 2.34. The van der Waals surface area contributed by atoms with Gasteiger partial charge in [0.25, 0.3) is 46.0 Å². The van der Waals surface area contributed by atoms with Gasteiger partial charge in [-0.25, -0.2) is 4.98 Å². The number of hydrogen-bond acceptors (Lipinski definition) is 13. The van der Waals surface area contributed by atoms with Crippen LogP contribution < -0.4 is 21.5 Å². The molecule has 0 aromatic heterocycles. The molecule has 50 heavy (non-hydrogen) atoms. The molecule has 0 fully saturated rings. The van der Waals surface area contributed by atoms with E-state index in [9.17, 15) is 66.6 Å². The van der Waals surface area contributed by atoms with Crippen LogP contribution in [-0.2, 0) is 40.5 Å². The predicted molar refractivity (Wildman–Crippen MR) is 174 cm³/mol. The van der Waals surface area contributed by atoms with Crippen LogP contribution in [0, 0.1) is 10.4 Å². The number of nitrogens with zero attached hydrogens (tertiary/aromatic N) is 1. The van der Waals surface area contributed by atoms with E-state index in [4.69, 9.17) is 0 Å². The first-order valence-corrected chi connectivity index (χ1v) is 19.2. The van der Waals surface area contributed by atoms with Gasteiger partial charge in [0.15, 0.2) is 5.43 Å². The van der Waals surface area contributed by atoms with Gasteiger partial charge in [-0.15, -0.1) is 0 Å². The van der Waals surface area contributed by atoms with Crippen LogP contribution in [0.4, 0.5) is 11.4 Å². The maximum Gasteiger partial charge on any atom is 0.296 e. The molecular weight excluding hydrogens is 745 g/mol. The Balaban J connectivity index is 1.89. The quantitative estimate of drug-likeness (QED) is 0.125. The molecular formula is C29H18N2O15S4. The zero-order valence-electron chi connectivity index (χ0n) is 24.3. The summed E-state index contributed by atoms with van der Waals surface area (Å²) in [5.41, 5.74) is -4.55. The van der Waals surface area contributed by atoms with Crippen LogP contribution in [0.1, 0.15) is 5.56 Å². The minimum atomic E-state index is -5.34. The van der Waals surface area contributed by atoms with Crippen molar-refractivity contribution in [3.05, 3.63) is 115 Å². The molecule has 0 spiro atoms. The molecule has 2 aliphatic rings.